The number of phenolic OH excluding ortho intramolecular Hbond substituents is 1. The van der Waals surface area contributed by atoms with Crippen LogP contribution < -0.4 is 4.74 Å². The predicted molar refractivity (Wildman–Crippen MR) is 127 cm³/mol. The van der Waals surface area contributed by atoms with Crippen molar-refractivity contribution < 1.29 is 29.3 Å². The third-order valence-corrected chi connectivity index (χ3v) is 11.0. The second-order valence-corrected chi connectivity index (χ2v) is 12.4. The molecule has 8 nitrogen and oxygen atoms in total. The number of nitrogens with one attached hydrogen (secondary N) is 1. The highest BCUT2D eigenvalue weighted by Gasteiger charge is 2.70. The fourth-order valence-corrected chi connectivity index (χ4v) is 10.1. The van der Waals surface area contributed by atoms with Gasteiger partial charge in [-0.15, -0.1) is 23.1 Å². The van der Waals surface area contributed by atoms with Gasteiger partial charge in [0.25, 0.3) is 0 Å². The molecule has 8 unspecified atom stereocenters. The summed E-state index contributed by atoms with van der Waals surface area (Å²) >= 11 is 8.65. The standard InChI is InChI=1S/C23H22N2O6S3/c1-7(22(29)30)25-20(27)15-9-6-10(16(15)21(25)28)17-14(9)13(18-19(33-17)24-23(32)34-18)8-3-4-12(31-2)11(26)5-8/h3-5,7,9-10,13-17,26H,6H2,1-2H3,(H,24,32)(H,29,30). The van der Waals surface area contributed by atoms with Crippen LogP contribution >= 0.6 is 35.3 Å². The average molecular weight is 519 g/mol. The summed E-state index contributed by atoms with van der Waals surface area (Å²) in [6.07, 6.45) is 0.763. The van der Waals surface area contributed by atoms with Gasteiger partial charge in [0.05, 0.1) is 24.0 Å². The molecule has 2 amide bonds. The first kappa shape index (κ1) is 22.1. The molecule has 2 aliphatic heterocycles. The number of aliphatic carboxylic acids is 1. The van der Waals surface area contributed by atoms with E-state index >= 15 is 0 Å². The zero-order chi connectivity index (χ0) is 24.0. The van der Waals surface area contributed by atoms with Gasteiger partial charge in [-0.05, 0) is 61.0 Å². The molecule has 4 aliphatic rings. The van der Waals surface area contributed by atoms with E-state index in [1.807, 2.05) is 6.07 Å². The Balaban J connectivity index is 1.45. The fraction of sp³-hybridized carbons (Fsp3) is 0.478. The monoisotopic (exact) mass is 518 g/mol. The van der Waals surface area contributed by atoms with E-state index in [9.17, 15) is 24.6 Å². The number of ether oxygens (including phenoxy) is 1. The van der Waals surface area contributed by atoms with E-state index < -0.39 is 23.8 Å². The summed E-state index contributed by atoms with van der Waals surface area (Å²) in [5.74, 6) is -2.52. The van der Waals surface area contributed by atoms with Gasteiger partial charge in [-0.2, -0.15) is 0 Å². The van der Waals surface area contributed by atoms with Gasteiger partial charge >= 0.3 is 5.97 Å². The van der Waals surface area contributed by atoms with Crippen LogP contribution in [0, 0.1) is 33.5 Å². The number of rotatable bonds is 4. The number of aromatic nitrogens is 1. The van der Waals surface area contributed by atoms with Gasteiger partial charge in [0.1, 0.15) is 6.04 Å². The highest BCUT2D eigenvalue weighted by molar-refractivity contribution is 8.00. The number of carbonyl (C=O) groups is 3. The molecule has 1 aromatic carbocycles. The molecule has 3 N–H and O–H groups in total. The summed E-state index contributed by atoms with van der Waals surface area (Å²) in [5.41, 5.74) is 0.914. The molecule has 178 valence electrons. The number of phenols is 1. The molecule has 11 heteroatoms. The summed E-state index contributed by atoms with van der Waals surface area (Å²) in [4.78, 5) is 43.6. The first-order valence-corrected chi connectivity index (χ1v) is 13.2. The summed E-state index contributed by atoms with van der Waals surface area (Å²) in [6.45, 7) is 1.39. The van der Waals surface area contributed by atoms with Crippen LogP contribution in [0.5, 0.6) is 11.5 Å². The number of amides is 2. The molecule has 0 spiro atoms. The van der Waals surface area contributed by atoms with Crippen LogP contribution in [-0.4, -0.2) is 56.3 Å². The van der Waals surface area contributed by atoms with E-state index in [1.54, 1.807) is 23.9 Å². The van der Waals surface area contributed by atoms with Crippen LogP contribution in [0.15, 0.2) is 23.2 Å². The maximum atomic E-state index is 13.4. The highest BCUT2D eigenvalue weighted by atomic mass is 32.2. The maximum Gasteiger partial charge on any atom is 0.326 e. The fourth-order valence-electron chi connectivity index (χ4n) is 6.81. The molecule has 1 saturated heterocycles. The number of thioether (sulfide) groups is 1. The first-order chi connectivity index (χ1) is 16.2. The number of fused-ring (bicyclic) bond motifs is 9. The van der Waals surface area contributed by atoms with E-state index in [1.165, 1.54) is 25.4 Å². The Bertz CT molecular complexity index is 1300. The van der Waals surface area contributed by atoms with Crippen molar-refractivity contribution in [1.82, 2.24) is 9.88 Å². The van der Waals surface area contributed by atoms with Gasteiger partial charge in [0.15, 0.2) is 15.5 Å². The molecule has 2 bridgehead atoms. The Morgan fingerprint density at radius 1 is 1.26 bits per heavy atom. The summed E-state index contributed by atoms with van der Waals surface area (Å²) in [6, 6.07) is 4.22. The number of hydrogen-bond acceptors (Lipinski definition) is 8. The average Bonchev–Trinajstić information content (AvgIpc) is 3.52. The highest BCUT2D eigenvalue weighted by Crippen LogP contribution is 2.69. The molecule has 2 aromatic rings. The number of carboxylic acid groups (broad SMARTS) is 1. The quantitative estimate of drug-likeness (QED) is 0.416. The molecule has 34 heavy (non-hydrogen) atoms. The second kappa shape index (κ2) is 7.56. The summed E-state index contributed by atoms with van der Waals surface area (Å²) in [5, 5.41) is 21.0. The lowest BCUT2D eigenvalue weighted by Gasteiger charge is -2.43. The molecule has 0 radical (unpaired) electrons. The molecule has 3 fully saturated rings. The van der Waals surface area contributed by atoms with E-state index in [2.05, 4.69) is 4.98 Å². The number of benzene rings is 1. The minimum Gasteiger partial charge on any atom is -0.504 e. The predicted octanol–water partition coefficient (Wildman–Crippen LogP) is 3.47. The van der Waals surface area contributed by atoms with Crippen LogP contribution in [0.3, 0.4) is 0 Å². The van der Waals surface area contributed by atoms with Crippen molar-refractivity contribution in [2.45, 2.75) is 35.6 Å². The molecular weight excluding hydrogens is 496 g/mol. The zero-order valence-electron chi connectivity index (χ0n) is 18.3. The van der Waals surface area contributed by atoms with E-state index in [0.29, 0.717) is 9.70 Å². The lowest BCUT2D eigenvalue weighted by atomic mass is 9.68. The number of hydrogen-bond donors (Lipinski definition) is 3. The number of aromatic amines is 1. The number of methoxy groups -OCH3 is 1. The SMILES string of the molecule is COc1ccc(C2c3sc(=S)[nH]c3SC3C4CC(C5C(=O)N(C(C)C(=O)O)C(=O)C45)C23)cc1O. The number of thiazole rings is 1. The Labute approximate surface area is 208 Å². The molecule has 3 heterocycles. The third kappa shape index (κ3) is 2.83. The van der Waals surface area contributed by atoms with Gasteiger partial charge in [0.2, 0.25) is 11.8 Å². The minimum absolute atomic E-state index is 0.0168. The van der Waals surface area contributed by atoms with Crippen molar-refractivity contribution in [3.63, 3.8) is 0 Å². The van der Waals surface area contributed by atoms with Gasteiger partial charge in [-0.25, -0.2) is 4.79 Å². The van der Waals surface area contributed by atoms with Gasteiger partial charge in [0, 0.05) is 16.0 Å². The maximum absolute atomic E-state index is 13.4. The first-order valence-electron chi connectivity index (χ1n) is 11.1. The normalized spacial score (nSPS) is 34.1. The number of likely N-dealkylation sites (tertiary alicyclic amines) is 1. The van der Waals surface area contributed by atoms with E-state index in [4.69, 9.17) is 17.0 Å². The van der Waals surface area contributed by atoms with Crippen molar-refractivity contribution in [1.29, 1.82) is 0 Å². The molecule has 2 saturated carbocycles. The Morgan fingerprint density at radius 2 is 1.97 bits per heavy atom. The van der Waals surface area contributed by atoms with Crippen LogP contribution in [0.2, 0.25) is 0 Å². The van der Waals surface area contributed by atoms with E-state index in [0.717, 1.165) is 26.8 Å². The number of imide groups is 1. The smallest absolute Gasteiger partial charge is 0.326 e. The number of carbonyl (C=O) groups excluding carboxylic acids is 2. The molecule has 8 atom stereocenters. The van der Waals surface area contributed by atoms with Crippen molar-refractivity contribution in [2.24, 2.45) is 29.6 Å². The lowest BCUT2D eigenvalue weighted by Crippen LogP contribution is -2.44. The van der Waals surface area contributed by atoms with Crippen molar-refractivity contribution in [3.05, 3.63) is 32.6 Å². The van der Waals surface area contributed by atoms with Gasteiger partial charge < -0.3 is 19.9 Å². The van der Waals surface area contributed by atoms with Gasteiger partial charge in [-0.1, -0.05) is 6.07 Å². The van der Waals surface area contributed by atoms with Gasteiger partial charge in [-0.3, -0.25) is 14.5 Å². The van der Waals surface area contributed by atoms with E-state index in [-0.39, 0.29) is 46.5 Å². The number of nitrogens with zero attached hydrogens (tertiary/aromatic N) is 1. The Kier molecular flexibility index (Phi) is 4.92. The number of carboxylic acids is 1. The third-order valence-electron chi connectivity index (χ3n) is 8.06. The van der Waals surface area contributed by atoms with Crippen molar-refractivity contribution in [2.75, 3.05) is 7.11 Å². The van der Waals surface area contributed by atoms with Crippen LogP contribution in [-0.2, 0) is 14.4 Å². The Morgan fingerprint density at radius 3 is 2.62 bits per heavy atom. The minimum atomic E-state index is -1.18. The summed E-state index contributed by atoms with van der Waals surface area (Å²) < 4.78 is 5.89. The molecular formula is C23H22N2O6S3. The van der Waals surface area contributed by atoms with Crippen LogP contribution in [0.4, 0.5) is 0 Å². The largest absolute Gasteiger partial charge is 0.504 e. The molecule has 2 aliphatic carbocycles. The van der Waals surface area contributed by atoms with Crippen molar-refractivity contribution in [3.8, 4) is 11.5 Å². The Hall–Kier alpha value is -2.37. The zero-order valence-corrected chi connectivity index (χ0v) is 20.7. The number of H-pyrrole nitrogens is 1. The van der Waals surface area contributed by atoms with Crippen LogP contribution in [0.1, 0.15) is 29.7 Å². The van der Waals surface area contributed by atoms with Crippen LogP contribution in [0.25, 0.3) is 0 Å². The number of aromatic hydroxyl groups is 1. The topological polar surface area (TPSA) is 120 Å². The summed E-state index contributed by atoms with van der Waals surface area (Å²) in [7, 11) is 1.50. The lowest BCUT2D eigenvalue weighted by molar-refractivity contribution is -0.154. The van der Waals surface area contributed by atoms with Crippen molar-refractivity contribution >= 4 is 53.1 Å². The second-order valence-electron chi connectivity index (χ2n) is 9.45. The molecule has 6 rings (SSSR count). The molecule has 1 aromatic heterocycles.